The number of benzene rings is 3. The van der Waals surface area contributed by atoms with E-state index in [0.717, 1.165) is 11.1 Å². The highest BCUT2D eigenvalue weighted by molar-refractivity contribution is 6.31. The smallest absolute Gasteiger partial charge is 0.131 e. The van der Waals surface area contributed by atoms with Crippen molar-refractivity contribution in [2.75, 3.05) is 0 Å². The maximum atomic E-state index is 6.07. The van der Waals surface area contributed by atoms with E-state index in [0.29, 0.717) is 33.0 Å². The summed E-state index contributed by atoms with van der Waals surface area (Å²) in [5.41, 5.74) is 2.08. The molecular weight excluding hydrogens is 343 g/mol. The topological polar surface area (TPSA) is 18.5 Å². The molecule has 0 amide bonds. The molecule has 2 nitrogen and oxygen atoms in total. The molecule has 0 N–H and O–H groups in total. The van der Waals surface area contributed by atoms with Crippen molar-refractivity contribution in [1.29, 1.82) is 0 Å². The molecule has 0 fully saturated rings. The second-order valence-corrected chi connectivity index (χ2v) is 6.48. The van der Waals surface area contributed by atoms with E-state index in [1.54, 1.807) is 12.1 Å². The first kappa shape index (κ1) is 16.7. The number of halogens is 2. The van der Waals surface area contributed by atoms with Gasteiger partial charge < -0.3 is 9.47 Å². The molecule has 3 aromatic carbocycles. The second-order valence-electron chi connectivity index (χ2n) is 5.61. The van der Waals surface area contributed by atoms with E-state index in [9.17, 15) is 0 Å². The SMILES string of the molecule is Cc1cc(Cl)cc(Oc2cccc(Oc3cc(C)cc(Cl)c3)c2)c1. The van der Waals surface area contributed by atoms with E-state index in [4.69, 9.17) is 32.7 Å². The summed E-state index contributed by atoms with van der Waals surface area (Å²) in [5, 5.41) is 1.29. The van der Waals surface area contributed by atoms with Crippen molar-refractivity contribution in [1.82, 2.24) is 0 Å². The Morgan fingerprint density at radius 1 is 0.583 bits per heavy atom. The summed E-state index contributed by atoms with van der Waals surface area (Å²) in [7, 11) is 0. The first-order valence-electron chi connectivity index (χ1n) is 7.48. The molecule has 0 aliphatic heterocycles. The summed E-state index contributed by atoms with van der Waals surface area (Å²) in [6.45, 7) is 3.94. The summed E-state index contributed by atoms with van der Waals surface area (Å²) in [6, 6.07) is 18.6. The molecular formula is C20H16Cl2O2. The molecule has 0 spiro atoms. The minimum Gasteiger partial charge on any atom is -0.457 e. The van der Waals surface area contributed by atoms with Crippen molar-refractivity contribution in [2.24, 2.45) is 0 Å². The van der Waals surface area contributed by atoms with Crippen LogP contribution in [0.1, 0.15) is 11.1 Å². The van der Waals surface area contributed by atoms with Gasteiger partial charge >= 0.3 is 0 Å². The van der Waals surface area contributed by atoms with Crippen LogP contribution in [0.3, 0.4) is 0 Å². The average Bonchev–Trinajstić information content (AvgIpc) is 2.45. The molecule has 3 rings (SSSR count). The first-order chi connectivity index (χ1) is 11.5. The Bertz CT molecular complexity index is 766. The normalized spacial score (nSPS) is 10.5. The van der Waals surface area contributed by atoms with E-state index < -0.39 is 0 Å². The summed E-state index contributed by atoms with van der Waals surface area (Å²) >= 11 is 12.1. The zero-order valence-corrected chi connectivity index (χ0v) is 14.9. The summed E-state index contributed by atoms with van der Waals surface area (Å²) in [5.74, 6) is 2.73. The Labute approximate surface area is 151 Å². The molecule has 0 saturated heterocycles. The Morgan fingerprint density at radius 2 is 1.04 bits per heavy atom. The van der Waals surface area contributed by atoms with Crippen LogP contribution in [0.5, 0.6) is 23.0 Å². The zero-order valence-electron chi connectivity index (χ0n) is 13.3. The average molecular weight is 359 g/mol. The standard InChI is InChI=1S/C20H16Cl2O2/c1-13-6-15(21)10-19(8-13)23-17-4-3-5-18(12-17)24-20-9-14(2)7-16(22)11-20/h3-12H,1-2H3. The molecule has 0 heterocycles. The van der Waals surface area contributed by atoms with E-state index >= 15 is 0 Å². The van der Waals surface area contributed by atoms with Crippen LogP contribution < -0.4 is 9.47 Å². The third kappa shape index (κ3) is 4.44. The van der Waals surface area contributed by atoms with Crippen molar-refractivity contribution in [3.05, 3.63) is 81.8 Å². The lowest BCUT2D eigenvalue weighted by Crippen LogP contribution is -1.88. The van der Waals surface area contributed by atoms with Gasteiger partial charge in [0.1, 0.15) is 23.0 Å². The largest absolute Gasteiger partial charge is 0.457 e. The van der Waals surface area contributed by atoms with Crippen molar-refractivity contribution in [3.8, 4) is 23.0 Å². The van der Waals surface area contributed by atoms with Crippen LogP contribution in [-0.2, 0) is 0 Å². The molecule has 0 aliphatic rings. The molecule has 4 heteroatoms. The molecule has 0 radical (unpaired) electrons. The molecule has 122 valence electrons. The fraction of sp³-hybridized carbons (Fsp3) is 0.100. The Hall–Kier alpha value is -2.16. The van der Waals surface area contributed by atoms with Crippen molar-refractivity contribution < 1.29 is 9.47 Å². The third-order valence-electron chi connectivity index (χ3n) is 3.31. The molecule has 0 bridgehead atoms. The maximum Gasteiger partial charge on any atom is 0.131 e. The summed E-state index contributed by atoms with van der Waals surface area (Å²) in [4.78, 5) is 0. The van der Waals surface area contributed by atoms with E-state index in [1.807, 2.05) is 62.4 Å². The van der Waals surface area contributed by atoms with Gasteiger partial charge in [-0.2, -0.15) is 0 Å². The molecule has 0 saturated carbocycles. The highest BCUT2D eigenvalue weighted by Gasteiger charge is 2.04. The molecule has 3 aromatic rings. The van der Waals surface area contributed by atoms with Crippen molar-refractivity contribution in [2.45, 2.75) is 13.8 Å². The molecule has 0 aromatic heterocycles. The van der Waals surface area contributed by atoms with Crippen LogP contribution in [0.4, 0.5) is 0 Å². The zero-order chi connectivity index (χ0) is 17.1. The molecule has 0 unspecified atom stereocenters. The highest BCUT2D eigenvalue weighted by atomic mass is 35.5. The van der Waals surface area contributed by atoms with Gasteiger partial charge in [-0.25, -0.2) is 0 Å². The second kappa shape index (κ2) is 7.16. The molecule has 0 atom stereocenters. The van der Waals surface area contributed by atoms with E-state index in [-0.39, 0.29) is 0 Å². The monoisotopic (exact) mass is 358 g/mol. The summed E-state index contributed by atoms with van der Waals surface area (Å²) in [6.07, 6.45) is 0. The minimum atomic E-state index is 0.645. The van der Waals surface area contributed by atoms with Crippen LogP contribution >= 0.6 is 23.2 Å². The lowest BCUT2D eigenvalue weighted by Gasteiger charge is -2.10. The van der Waals surface area contributed by atoms with Crippen molar-refractivity contribution in [3.63, 3.8) is 0 Å². The Kier molecular flexibility index (Phi) is 4.98. The number of hydrogen-bond donors (Lipinski definition) is 0. The van der Waals surface area contributed by atoms with Gasteiger partial charge in [-0.3, -0.25) is 0 Å². The number of hydrogen-bond acceptors (Lipinski definition) is 2. The van der Waals surface area contributed by atoms with Crippen molar-refractivity contribution >= 4 is 23.2 Å². The van der Waals surface area contributed by atoms with Gasteiger partial charge in [0.15, 0.2) is 0 Å². The van der Waals surface area contributed by atoms with E-state index in [1.165, 1.54) is 0 Å². The fourth-order valence-corrected chi connectivity index (χ4v) is 2.96. The number of rotatable bonds is 4. The van der Waals surface area contributed by atoms with Gasteiger partial charge in [-0.1, -0.05) is 29.3 Å². The Balaban J connectivity index is 1.81. The van der Waals surface area contributed by atoms with Gasteiger partial charge in [-0.15, -0.1) is 0 Å². The highest BCUT2D eigenvalue weighted by Crippen LogP contribution is 2.31. The van der Waals surface area contributed by atoms with Crippen LogP contribution in [0.15, 0.2) is 60.7 Å². The maximum absolute atomic E-state index is 6.07. The van der Waals surface area contributed by atoms with Gasteiger partial charge in [0, 0.05) is 16.1 Å². The van der Waals surface area contributed by atoms with Crippen LogP contribution in [0.2, 0.25) is 10.0 Å². The predicted molar refractivity (Wildman–Crippen MR) is 99.0 cm³/mol. The van der Waals surface area contributed by atoms with Gasteiger partial charge in [0.25, 0.3) is 0 Å². The van der Waals surface area contributed by atoms with Crippen LogP contribution in [-0.4, -0.2) is 0 Å². The van der Waals surface area contributed by atoms with Crippen LogP contribution in [0, 0.1) is 13.8 Å². The number of ether oxygens (including phenoxy) is 2. The van der Waals surface area contributed by atoms with E-state index in [2.05, 4.69) is 0 Å². The predicted octanol–water partition coefficient (Wildman–Crippen LogP) is 7.19. The quantitative estimate of drug-likeness (QED) is 0.491. The Morgan fingerprint density at radius 3 is 1.46 bits per heavy atom. The van der Waals surface area contributed by atoms with Gasteiger partial charge in [0.2, 0.25) is 0 Å². The fourth-order valence-electron chi connectivity index (χ4n) is 2.40. The number of aryl methyl sites for hydroxylation is 2. The minimum absolute atomic E-state index is 0.645. The summed E-state index contributed by atoms with van der Waals surface area (Å²) < 4.78 is 11.8. The third-order valence-corrected chi connectivity index (χ3v) is 3.74. The van der Waals surface area contributed by atoms with Crippen LogP contribution in [0.25, 0.3) is 0 Å². The van der Waals surface area contributed by atoms with Gasteiger partial charge in [-0.05, 0) is 73.5 Å². The van der Waals surface area contributed by atoms with Gasteiger partial charge in [0.05, 0.1) is 0 Å². The molecule has 0 aliphatic carbocycles. The lowest BCUT2D eigenvalue weighted by molar-refractivity contribution is 0.460. The molecule has 24 heavy (non-hydrogen) atoms. The first-order valence-corrected chi connectivity index (χ1v) is 8.24. The lowest BCUT2D eigenvalue weighted by atomic mass is 10.2.